The Morgan fingerprint density at radius 3 is 2.60 bits per heavy atom. The third-order valence-corrected chi connectivity index (χ3v) is 10.8. The van der Waals surface area contributed by atoms with Crippen molar-refractivity contribution in [3.63, 3.8) is 0 Å². The number of anilines is 1. The second-order valence-corrected chi connectivity index (χ2v) is 14.1. The van der Waals surface area contributed by atoms with Gasteiger partial charge in [-0.05, 0) is 61.7 Å². The molecule has 2 N–H and O–H groups in total. The van der Waals surface area contributed by atoms with E-state index in [2.05, 4.69) is 15.2 Å². The highest BCUT2D eigenvalue weighted by Gasteiger charge is 2.33. The summed E-state index contributed by atoms with van der Waals surface area (Å²) in [4.78, 5) is 33.6. The number of nitrogens with one attached hydrogen (secondary N) is 1. The lowest BCUT2D eigenvalue weighted by atomic mass is 9.96. The summed E-state index contributed by atoms with van der Waals surface area (Å²) in [5.41, 5.74) is 6.55. The molecule has 4 aromatic rings. The number of likely N-dealkylation sites (tertiary alicyclic amines) is 1. The SMILES string of the molecule is COc1c(CN2CC[C@@H](C(=O)O)C2)cc(Cl)c(O[C@H]2CCc3c(-c4cccc(NC(=O)c5nc6c(n5C)CCN(C)C6)c4Cl)cccc32)c1F. The number of rotatable bonds is 9. The van der Waals surface area contributed by atoms with Crippen LogP contribution in [-0.2, 0) is 37.8 Å². The van der Waals surface area contributed by atoms with Crippen molar-refractivity contribution < 1.29 is 28.6 Å². The second-order valence-electron chi connectivity index (χ2n) is 13.3. The average molecular weight is 723 g/mol. The van der Waals surface area contributed by atoms with E-state index in [0.29, 0.717) is 67.5 Å². The van der Waals surface area contributed by atoms with Crippen molar-refractivity contribution in [2.24, 2.45) is 13.0 Å². The van der Waals surface area contributed by atoms with E-state index in [0.717, 1.165) is 46.6 Å². The number of carboxylic acids is 1. The lowest BCUT2D eigenvalue weighted by Crippen LogP contribution is -2.27. The number of carbonyl (C=O) groups is 2. The lowest BCUT2D eigenvalue weighted by molar-refractivity contribution is -0.141. The Balaban J connectivity index is 1.12. The summed E-state index contributed by atoms with van der Waals surface area (Å²) in [7, 11) is 5.30. The minimum absolute atomic E-state index is 0.0267. The summed E-state index contributed by atoms with van der Waals surface area (Å²) in [5.74, 6) is -2.04. The van der Waals surface area contributed by atoms with Crippen LogP contribution in [0.25, 0.3) is 11.1 Å². The first-order valence-corrected chi connectivity index (χ1v) is 17.4. The van der Waals surface area contributed by atoms with Crippen LogP contribution >= 0.6 is 23.2 Å². The van der Waals surface area contributed by atoms with Crippen molar-refractivity contribution >= 4 is 40.8 Å². The molecule has 3 aromatic carbocycles. The number of aromatic nitrogens is 2. The zero-order chi connectivity index (χ0) is 35.3. The van der Waals surface area contributed by atoms with E-state index >= 15 is 4.39 Å². The van der Waals surface area contributed by atoms with E-state index in [9.17, 15) is 14.7 Å². The Hall–Kier alpha value is -4.16. The molecule has 7 rings (SSSR count). The van der Waals surface area contributed by atoms with Gasteiger partial charge in [-0.3, -0.25) is 14.5 Å². The topological polar surface area (TPSA) is 109 Å². The molecule has 0 radical (unpaired) electrons. The van der Waals surface area contributed by atoms with Gasteiger partial charge in [0, 0.05) is 56.5 Å². The summed E-state index contributed by atoms with van der Waals surface area (Å²) in [6, 6.07) is 13.0. The first-order chi connectivity index (χ1) is 24.0. The Morgan fingerprint density at radius 1 is 1.06 bits per heavy atom. The molecule has 0 spiro atoms. The molecule has 3 heterocycles. The molecule has 50 heavy (non-hydrogen) atoms. The quantitative estimate of drug-likeness (QED) is 0.195. The van der Waals surface area contributed by atoms with Gasteiger partial charge in [0.1, 0.15) is 6.10 Å². The highest BCUT2D eigenvalue weighted by molar-refractivity contribution is 6.36. The monoisotopic (exact) mass is 721 g/mol. The fourth-order valence-electron chi connectivity index (χ4n) is 7.51. The maximum absolute atomic E-state index is 16.0. The first-order valence-electron chi connectivity index (χ1n) is 16.7. The van der Waals surface area contributed by atoms with Crippen LogP contribution in [0.3, 0.4) is 0 Å². The maximum Gasteiger partial charge on any atom is 0.307 e. The van der Waals surface area contributed by atoms with Crippen LogP contribution in [-0.4, -0.2) is 70.1 Å². The molecule has 0 saturated carbocycles. The first kappa shape index (κ1) is 34.3. The zero-order valence-corrected chi connectivity index (χ0v) is 29.6. The molecule has 1 aliphatic carbocycles. The van der Waals surface area contributed by atoms with Crippen molar-refractivity contribution in [3.8, 4) is 22.6 Å². The Bertz CT molecular complexity index is 2000. The van der Waals surface area contributed by atoms with Crippen LogP contribution in [0, 0.1) is 11.7 Å². The van der Waals surface area contributed by atoms with Crippen LogP contribution in [0.4, 0.5) is 10.1 Å². The van der Waals surface area contributed by atoms with Crippen LogP contribution in [0.1, 0.15) is 57.6 Å². The van der Waals surface area contributed by atoms with Gasteiger partial charge in [0.2, 0.25) is 5.82 Å². The highest BCUT2D eigenvalue weighted by atomic mass is 35.5. The standard InChI is InChI=1S/C37H38Cl2FN5O5/c1-43-14-13-29-28(19-43)41-35(44(29)2)36(46)42-27-9-5-8-25(31(27)39)22-6-4-7-24-23(22)10-11-30(24)50-34-26(38)16-21(33(49-3)32(34)40)18-45-15-12-20(17-45)37(47)48/h4-9,16,20,30H,10-15,17-19H2,1-3H3,(H,42,46)(H,47,48)/t20-,30+/m1/s1. The molecule has 1 fully saturated rings. The van der Waals surface area contributed by atoms with Crippen molar-refractivity contribution in [1.29, 1.82) is 0 Å². The molecule has 262 valence electrons. The van der Waals surface area contributed by atoms with Gasteiger partial charge in [0.25, 0.3) is 5.91 Å². The number of carboxylic acid groups (broad SMARTS) is 1. The normalized spacial score (nSPS) is 18.9. The number of aliphatic carboxylic acids is 1. The molecule has 2 aliphatic heterocycles. The minimum Gasteiger partial charge on any atom is -0.493 e. The largest absolute Gasteiger partial charge is 0.493 e. The lowest BCUT2D eigenvalue weighted by Gasteiger charge is -2.22. The van der Waals surface area contributed by atoms with Crippen molar-refractivity contribution in [2.75, 3.05) is 39.1 Å². The number of fused-ring (bicyclic) bond motifs is 2. The number of amides is 1. The molecule has 10 nitrogen and oxygen atoms in total. The van der Waals surface area contributed by atoms with Gasteiger partial charge in [-0.25, -0.2) is 4.98 Å². The van der Waals surface area contributed by atoms with Crippen LogP contribution in [0.2, 0.25) is 10.0 Å². The van der Waals surface area contributed by atoms with E-state index < -0.39 is 23.8 Å². The van der Waals surface area contributed by atoms with Crippen LogP contribution < -0.4 is 14.8 Å². The number of likely N-dealkylation sites (N-methyl/N-ethyl adjacent to an activating group) is 1. The number of methoxy groups -OCH3 is 1. The molecule has 2 atom stereocenters. The zero-order valence-electron chi connectivity index (χ0n) is 28.1. The fourth-order valence-corrected chi connectivity index (χ4v) is 8.04. The number of benzene rings is 3. The van der Waals surface area contributed by atoms with Crippen molar-refractivity contribution in [3.05, 3.63) is 92.2 Å². The molecule has 0 unspecified atom stereocenters. The minimum atomic E-state index is -0.832. The van der Waals surface area contributed by atoms with Gasteiger partial charge >= 0.3 is 5.97 Å². The number of nitrogens with zero attached hydrogens (tertiary/aromatic N) is 4. The third-order valence-electron chi connectivity index (χ3n) is 10.1. The molecular weight excluding hydrogens is 684 g/mol. The molecule has 13 heteroatoms. The third kappa shape index (κ3) is 6.32. The van der Waals surface area contributed by atoms with Gasteiger partial charge in [0.05, 0.1) is 34.5 Å². The smallest absolute Gasteiger partial charge is 0.307 e. The fraction of sp³-hybridized carbons (Fsp3) is 0.378. The molecule has 0 bridgehead atoms. The summed E-state index contributed by atoms with van der Waals surface area (Å²) in [6.45, 7) is 2.88. The molecule has 1 amide bonds. The number of halogens is 3. The second kappa shape index (κ2) is 13.9. The Morgan fingerprint density at radius 2 is 1.84 bits per heavy atom. The van der Waals surface area contributed by atoms with Crippen LogP contribution in [0.15, 0.2) is 42.5 Å². The van der Waals surface area contributed by atoms with Crippen molar-refractivity contribution in [2.45, 2.75) is 44.9 Å². The Labute approximate surface area is 299 Å². The van der Waals surface area contributed by atoms with E-state index in [-0.39, 0.29) is 22.4 Å². The Kier molecular flexibility index (Phi) is 9.51. The number of hydrogen-bond donors (Lipinski definition) is 2. The van der Waals surface area contributed by atoms with E-state index in [1.54, 1.807) is 12.1 Å². The number of hydrogen-bond acceptors (Lipinski definition) is 7. The molecular formula is C37H38Cl2FN5O5. The molecule has 1 aromatic heterocycles. The molecule has 1 saturated heterocycles. The highest BCUT2D eigenvalue weighted by Crippen LogP contribution is 2.46. The predicted octanol–water partition coefficient (Wildman–Crippen LogP) is 6.75. The predicted molar refractivity (Wildman–Crippen MR) is 189 cm³/mol. The number of imidazole rings is 1. The summed E-state index contributed by atoms with van der Waals surface area (Å²) < 4.78 is 29.6. The van der Waals surface area contributed by atoms with Gasteiger partial charge in [-0.2, -0.15) is 4.39 Å². The van der Waals surface area contributed by atoms with E-state index in [4.69, 9.17) is 32.7 Å². The number of ether oxygens (including phenoxy) is 2. The summed E-state index contributed by atoms with van der Waals surface area (Å²) in [5, 5.41) is 12.9. The molecule has 3 aliphatic rings. The van der Waals surface area contributed by atoms with Crippen LogP contribution in [0.5, 0.6) is 11.5 Å². The van der Waals surface area contributed by atoms with Crippen molar-refractivity contribution in [1.82, 2.24) is 19.4 Å². The van der Waals surface area contributed by atoms with Gasteiger partial charge in [-0.15, -0.1) is 0 Å². The maximum atomic E-state index is 16.0. The van der Waals surface area contributed by atoms with E-state index in [1.165, 1.54) is 7.11 Å². The summed E-state index contributed by atoms with van der Waals surface area (Å²) in [6.07, 6.45) is 2.13. The van der Waals surface area contributed by atoms with Gasteiger partial charge in [0.15, 0.2) is 17.3 Å². The average Bonchev–Trinajstić information content (AvgIpc) is 3.81. The summed E-state index contributed by atoms with van der Waals surface area (Å²) >= 11 is 13.6. The number of carbonyl (C=O) groups excluding carboxylic acids is 1. The van der Waals surface area contributed by atoms with Gasteiger partial charge < -0.3 is 29.4 Å². The van der Waals surface area contributed by atoms with Gasteiger partial charge in [-0.1, -0.05) is 53.5 Å². The van der Waals surface area contributed by atoms with E-state index in [1.807, 2.05) is 53.9 Å².